The van der Waals surface area contributed by atoms with Crippen molar-refractivity contribution in [3.8, 4) is 0 Å². The highest BCUT2D eigenvalue weighted by atomic mass is 16.3. The highest BCUT2D eigenvalue weighted by molar-refractivity contribution is 5.16. The largest absolute Gasteiger partial charge is 0.392 e. The molecule has 0 saturated heterocycles. The van der Waals surface area contributed by atoms with Crippen molar-refractivity contribution in [3.05, 3.63) is 24.0 Å². The molecule has 0 aliphatic carbocycles. The van der Waals surface area contributed by atoms with Crippen molar-refractivity contribution in [1.29, 1.82) is 0 Å². The third-order valence-corrected chi connectivity index (χ3v) is 2.59. The van der Waals surface area contributed by atoms with Crippen LogP contribution >= 0.6 is 0 Å². The number of aliphatic hydroxyl groups is 1. The van der Waals surface area contributed by atoms with E-state index >= 15 is 0 Å². The third kappa shape index (κ3) is 3.36. The number of nitrogens with one attached hydrogen (secondary N) is 1. The van der Waals surface area contributed by atoms with Crippen molar-refractivity contribution < 1.29 is 5.11 Å². The molecular formula is C12H22N2O. The van der Waals surface area contributed by atoms with Crippen molar-refractivity contribution in [2.75, 3.05) is 7.05 Å². The van der Waals surface area contributed by atoms with E-state index < -0.39 is 0 Å². The van der Waals surface area contributed by atoms with Crippen LogP contribution in [0.5, 0.6) is 0 Å². The lowest BCUT2D eigenvalue weighted by molar-refractivity contribution is 0.173. The summed E-state index contributed by atoms with van der Waals surface area (Å²) in [7, 11) is 1.98. The molecule has 0 aromatic carbocycles. The van der Waals surface area contributed by atoms with E-state index in [-0.39, 0.29) is 6.10 Å². The van der Waals surface area contributed by atoms with Gasteiger partial charge in [0.25, 0.3) is 0 Å². The Hall–Kier alpha value is -0.800. The molecule has 2 N–H and O–H groups in total. The van der Waals surface area contributed by atoms with E-state index in [1.54, 1.807) is 6.92 Å². The number of aliphatic hydroxyl groups excluding tert-OH is 1. The number of hydrogen-bond acceptors (Lipinski definition) is 2. The Morgan fingerprint density at radius 1 is 1.40 bits per heavy atom. The predicted octanol–water partition coefficient (Wildman–Crippen LogP) is 1.79. The van der Waals surface area contributed by atoms with Crippen molar-refractivity contribution in [3.63, 3.8) is 0 Å². The summed E-state index contributed by atoms with van der Waals surface area (Å²) in [6.07, 6.45) is 3.83. The summed E-state index contributed by atoms with van der Waals surface area (Å²) in [5, 5.41) is 12.6. The first-order valence-electron chi connectivity index (χ1n) is 5.55. The minimum Gasteiger partial charge on any atom is -0.392 e. The minimum atomic E-state index is -0.294. The first-order chi connectivity index (χ1) is 7.04. The molecule has 1 aromatic heterocycles. The fraction of sp³-hybridized carbons (Fsp3) is 0.667. The summed E-state index contributed by atoms with van der Waals surface area (Å²) >= 11 is 0. The lowest BCUT2D eigenvalue weighted by Gasteiger charge is -2.18. The summed E-state index contributed by atoms with van der Waals surface area (Å²) in [4.78, 5) is 0. The van der Waals surface area contributed by atoms with E-state index in [0.717, 1.165) is 0 Å². The van der Waals surface area contributed by atoms with Crippen LogP contribution in [0.25, 0.3) is 0 Å². The van der Waals surface area contributed by atoms with Gasteiger partial charge < -0.3 is 15.0 Å². The van der Waals surface area contributed by atoms with Gasteiger partial charge in [0.15, 0.2) is 0 Å². The van der Waals surface area contributed by atoms with Crippen LogP contribution < -0.4 is 5.32 Å². The maximum absolute atomic E-state index is 9.28. The molecule has 0 amide bonds. The van der Waals surface area contributed by atoms with E-state index in [4.69, 9.17) is 0 Å². The summed E-state index contributed by atoms with van der Waals surface area (Å²) in [5.74, 6) is 0.567. The lowest BCUT2D eigenvalue weighted by Crippen LogP contribution is -2.21. The molecule has 1 aromatic rings. The van der Waals surface area contributed by atoms with E-state index in [1.807, 2.05) is 17.8 Å². The molecule has 3 nitrogen and oxygen atoms in total. The Morgan fingerprint density at radius 2 is 2.07 bits per heavy atom. The molecule has 86 valence electrons. The molecule has 1 heterocycles. The predicted molar refractivity (Wildman–Crippen MR) is 62.8 cm³/mol. The standard InChI is InChI=1S/C12H22N2O/c1-9(2)12(13-4)11-5-6-14(8-11)7-10(3)15/h5-6,8-10,12-13,15H,7H2,1-4H3. The van der Waals surface area contributed by atoms with E-state index in [9.17, 15) is 5.11 Å². The maximum atomic E-state index is 9.28. The fourth-order valence-electron chi connectivity index (χ4n) is 1.95. The van der Waals surface area contributed by atoms with Gasteiger partial charge in [0.1, 0.15) is 0 Å². The molecule has 0 aliphatic heterocycles. The number of hydrogen-bond donors (Lipinski definition) is 2. The lowest BCUT2D eigenvalue weighted by atomic mass is 9.99. The minimum absolute atomic E-state index is 0.294. The average Bonchev–Trinajstić information content (AvgIpc) is 2.52. The summed E-state index contributed by atoms with van der Waals surface area (Å²) in [6, 6.07) is 2.50. The second-order valence-electron chi connectivity index (χ2n) is 4.50. The monoisotopic (exact) mass is 210 g/mol. The normalized spacial score (nSPS) is 15.6. The molecule has 15 heavy (non-hydrogen) atoms. The van der Waals surface area contributed by atoms with Gasteiger partial charge in [0.05, 0.1) is 6.10 Å². The fourth-order valence-corrected chi connectivity index (χ4v) is 1.95. The van der Waals surface area contributed by atoms with Gasteiger partial charge in [-0.1, -0.05) is 13.8 Å². The first kappa shape index (κ1) is 12.3. The van der Waals surface area contributed by atoms with Crippen LogP contribution in [0.15, 0.2) is 18.5 Å². The topological polar surface area (TPSA) is 37.2 Å². The van der Waals surface area contributed by atoms with Crippen LogP contribution in [0.1, 0.15) is 32.4 Å². The second kappa shape index (κ2) is 5.33. The van der Waals surface area contributed by atoms with Crippen LogP contribution in [0, 0.1) is 5.92 Å². The Kier molecular flexibility index (Phi) is 4.36. The molecule has 0 spiro atoms. The number of aromatic nitrogens is 1. The van der Waals surface area contributed by atoms with E-state index in [2.05, 4.69) is 31.4 Å². The Balaban J connectivity index is 2.73. The Bertz CT molecular complexity index is 292. The zero-order valence-corrected chi connectivity index (χ0v) is 10.1. The SMILES string of the molecule is CNC(c1ccn(CC(C)O)c1)C(C)C. The van der Waals surface area contributed by atoms with Gasteiger partial charge in [0, 0.05) is 25.0 Å². The molecule has 2 unspecified atom stereocenters. The Labute approximate surface area is 92.1 Å². The summed E-state index contributed by atoms with van der Waals surface area (Å²) in [6.45, 7) is 6.87. The molecule has 3 heteroatoms. The van der Waals surface area contributed by atoms with Gasteiger partial charge in [-0.15, -0.1) is 0 Å². The number of nitrogens with zero attached hydrogens (tertiary/aromatic N) is 1. The van der Waals surface area contributed by atoms with E-state index in [1.165, 1.54) is 5.56 Å². The summed E-state index contributed by atoms with van der Waals surface area (Å²) < 4.78 is 2.03. The van der Waals surface area contributed by atoms with Gasteiger partial charge in [-0.05, 0) is 31.5 Å². The zero-order chi connectivity index (χ0) is 11.4. The van der Waals surface area contributed by atoms with Crippen LogP contribution in [0.3, 0.4) is 0 Å². The van der Waals surface area contributed by atoms with Crippen LogP contribution in [0.2, 0.25) is 0 Å². The van der Waals surface area contributed by atoms with Gasteiger partial charge in [-0.3, -0.25) is 0 Å². The highest BCUT2D eigenvalue weighted by Crippen LogP contribution is 2.21. The van der Waals surface area contributed by atoms with Gasteiger partial charge >= 0.3 is 0 Å². The van der Waals surface area contributed by atoms with Gasteiger partial charge in [0.2, 0.25) is 0 Å². The molecular weight excluding hydrogens is 188 g/mol. The van der Waals surface area contributed by atoms with Gasteiger partial charge in [-0.25, -0.2) is 0 Å². The van der Waals surface area contributed by atoms with E-state index in [0.29, 0.717) is 18.5 Å². The number of rotatable bonds is 5. The first-order valence-corrected chi connectivity index (χ1v) is 5.55. The van der Waals surface area contributed by atoms with Crippen LogP contribution in [-0.2, 0) is 6.54 Å². The molecule has 0 bridgehead atoms. The smallest absolute Gasteiger partial charge is 0.0690 e. The highest BCUT2D eigenvalue weighted by Gasteiger charge is 2.14. The molecule has 1 rings (SSSR count). The maximum Gasteiger partial charge on any atom is 0.0690 e. The third-order valence-electron chi connectivity index (χ3n) is 2.59. The van der Waals surface area contributed by atoms with Crippen molar-refractivity contribution in [1.82, 2.24) is 9.88 Å². The second-order valence-corrected chi connectivity index (χ2v) is 4.50. The Morgan fingerprint density at radius 3 is 2.53 bits per heavy atom. The molecule has 0 saturated carbocycles. The molecule has 0 aliphatic rings. The molecule has 0 radical (unpaired) electrons. The molecule has 2 atom stereocenters. The van der Waals surface area contributed by atoms with Crippen molar-refractivity contribution in [2.45, 2.75) is 39.5 Å². The van der Waals surface area contributed by atoms with Crippen molar-refractivity contribution >= 4 is 0 Å². The average molecular weight is 210 g/mol. The zero-order valence-electron chi connectivity index (χ0n) is 10.1. The quantitative estimate of drug-likeness (QED) is 0.777. The van der Waals surface area contributed by atoms with Gasteiger partial charge in [-0.2, -0.15) is 0 Å². The van der Waals surface area contributed by atoms with Crippen LogP contribution in [0.4, 0.5) is 0 Å². The molecule has 0 fully saturated rings. The summed E-state index contributed by atoms with van der Waals surface area (Å²) in [5.41, 5.74) is 1.29. The van der Waals surface area contributed by atoms with Crippen molar-refractivity contribution in [2.24, 2.45) is 5.92 Å². The van der Waals surface area contributed by atoms with Crippen LogP contribution in [-0.4, -0.2) is 22.8 Å².